The second kappa shape index (κ2) is 12.6. The second-order valence-electron chi connectivity index (χ2n) is 5.48. The molecule has 1 atom stereocenters. The molecule has 0 spiro atoms. The minimum atomic E-state index is -0.444. The highest BCUT2D eigenvalue weighted by atomic mass is 16.5. The van der Waals surface area contributed by atoms with Crippen molar-refractivity contribution in [2.75, 3.05) is 39.5 Å². The van der Waals surface area contributed by atoms with E-state index >= 15 is 0 Å². The van der Waals surface area contributed by atoms with Crippen LogP contribution in [0, 0.1) is 5.92 Å². The molecule has 2 N–H and O–H groups in total. The first-order valence-electron chi connectivity index (χ1n) is 7.21. The molecule has 0 heterocycles. The third-order valence-corrected chi connectivity index (χ3v) is 2.53. The average molecular weight is 273 g/mol. The lowest BCUT2D eigenvalue weighted by Crippen LogP contribution is -2.32. The monoisotopic (exact) mass is 273 g/mol. The van der Waals surface area contributed by atoms with Gasteiger partial charge in [-0.3, -0.25) is 0 Å². The largest absolute Gasteiger partial charge is 0.389 e. The van der Waals surface area contributed by atoms with E-state index in [0.29, 0.717) is 26.4 Å². The molecule has 0 saturated heterocycles. The summed E-state index contributed by atoms with van der Waals surface area (Å²) in [6.07, 6.45) is 1.79. The Morgan fingerprint density at radius 2 is 2.00 bits per heavy atom. The van der Waals surface area contributed by atoms with E-state index < -0.39 is 6.10 Å². The van der Waals surface area contributed by atoms with Gasteiger partial charge in [-0.1, -0.05) is 26.0 Å². The van der Waals surface area contributed by atoms with Crippen LogP contribution in [-0.2, 0) is 9.47 Å². The van der Waals surface area contributed by atoms with Gasteiger partial charge in [0.2, 0.25) is 0 Å². The van der Waals surface area contributed by atoms with E-state index in [1.165, 1.54) is 6.42 Å². The first-order chi connectivity index (χ1) is 9.02. The molecule has 4 heteroatoms. The van der Waals surface area contributed by atoms with E-state index in [9.17, 15) is 5.11 Å². The highest BCUT2D eigenvalue weighted by Crippen LogP contribution is 2.03. The van der Waals surface area contributed by atoms with Crippen molar-refractivity contribution >= 4 is 0 Å². The molecule has 114 valence electrons. The second-order valence-corrected chi connectivity index (χ2v) is 5.48. The van der Waals surface area contributed by atoms with Gasteiger partial charge in [0, 0.05) is 19.7 Å². The van der Waals surface area contributed by atoms with E-state index in [1.807, 2.05) is 6.92 Å². The minimum absolute atomic E-state index is 0.401. The van der Waals surface area contributed by atoms with Gasteiger partial charge in [-0.25, -0.2) is 0 Å². The summed E-state index contributed by atoms with van der Waals surface area (Å²) < 4.78 is 10.8. The van der Waals surface area contributed by atoms with Gasteiger partial charge in [0.1, 0.15) is 0 Å². The molecule has 4 nitrogen and oxygen atoms in total. The minimum Gasteiger partial charge on any atom is -0.389 e. The Kier molecular flexibility index (Phi) is 12.3. The van der Waals surface area contributed by atoms with Gasteiger partial charge in [0.15, 0.2) is 0 Å². The summed E-state index contributed by atoms with van der Waals surface area (Å²) in [7, 11) is 0. The van der Waals surface area contributed by atoms with Crippen LogP contribution in [0.3, 0.4) is 0 Å². The fraction of sp³-hybridized carbons (Fsp3) is 0.867. The molecule has 0 aromatic rings. The Bertz CT molecular complexity index is 219. The lowest BCUT2D eigenvalue weighted by Gasteiger charge is -2.13. The SMILES string of the molecule is C=C(C)COCCNCC(O)COCCCC(C)C. The number of aliphatic hydroxyl groups is 1. The highest BCUT2D eigenvalue weighted by molar-refractivity contribution is 4.87. The number of hydrogen-bond acceptors (Lipinski definition) is 4. The molecule has 19 heavy (non-hydrogen) atoms. The summed E-state index contributed by atoms with van der Waals surface area (Å²) in [6, 6.07) is 0. The molecule has 0 fully saturated rings. The van der Waals surface area contributed by atoms with Crippen LogP contribution in [0.4, 0.5) is 0 Å². The summed E-state index contributed by atoms with van der Waals surface area (Å²) in [5.74, 6) is 0.717. The Labute approximate surface area is 118 Å². The smallest absolute Gasteiger partial charge is 0.0897 e. The van der Waals surface area contributed by atoms with Crippen LogP contribution in [0.2, 0.25) is 0 Å². The molecule has 0 aliphatic carbocycles. The van der Waals surface area contributed by atoms with E-state index in [1.54, 1.807) is 0 Å². The third kappa shape index (κ3) is 15.5. The fourth-order valence-corrected chi connectivity index (χ4v) is 1.53. The number of nitrogens with one attached hydrogen (secondary N) is 1. The third-order valence-electron chi connectivity index (χ3n) is 2.53. The van der Waals surface area contributed by atoms with Crippen molar-refractivity contribution in [1.29, 1.82) is 0 Å². The summed E-state index contributed by atoms with van der Waals surface area (Å²) in [5.41, 5.74) is 1.02. The predicted molar refractivity (Wildman–Crippen MR) is 79.4 cm³/mol. The van der Waals surface area contributed by atoms with E-state index in [0.717, 1.165) is 31.1 Å². The van der Waals surface area contributed by atoms with E-state index in [4.69, 9.17) is 9.47 Å². The number of rotatable bonds is 13. The average Bonchev–Trinajstić information content (AvgIpc) is 2.32. The number of hydrogen-bond donors (Lipinski definition) is 2. The van der Waals surface area contributed by atoms with Gasteiger partial charge >= 0.3 is 0 Å². The van der Waals surface area contributed by atoms with Gasteiger partial charge in [-0.05, 0) is 25.7 Å². The van der Waals surface area contributed by atoms with Crippen molar-refractivity contribution in [3.8, 4) is 0 Å². The standard InChI is InChI=1S/C15H31NO3/c1-13(2)6-5-8-18-12-15(17)10-16-7-9-19-11-14(3)4/h13,15-17H,3,5-12H2,1-2,4H3. The normalized spacial score (nSPS) is 12.9. The maximum absolute atomic E-state index is 9.66. The zero-order chi connectivity index (χ0) is 14.5. The van der Waals surface area contributed by atoms with E-state index in [2.05, 4.69) is 25.7 Å². The molecule has 0 aromatic heterocycles. The molecule has 0 amide bonds. The Hall–Kier alpha value is -0.420. The maximum atomic E-state index is 9.66. The van der Waals surface area contributed by atoms with Crippen LogP contribution in [0.5, 0.6) is 0 Å². The van der Waals surface area contributed by atoms with Crippen LogP contribution >= 0.6 is 0 Å². The Balaban J connectivity index is 3.21. The van der Waals surface area contributed by atoms with Crippen LogP contribution < -0.4 is 5.32 Å². The van der Waals surface area contributed by atoms with Crippen LogP contribution in [0.15, 0.2) is 12.2 Å². The fourth-order valence-electron chi connectivity index (χ4n) is 1.53. The van der Waals surface area contributed by atoms with Crippen LogP contribution in [0.25, 0.3) is 0 Å². The van der Waals surface area contributed by atoms with Crippen molar-refractivity contribution in [3.05, 3.63) is 12.2 Å². The van der Waals surface area contributed by atoms with Gasteiger partial charge in [-0.2, -0.15) is 0 Å². The van der Waals surface area contributed by atoms with Gasteiger partial charge in [0.05, 0.1) is 25.9 Å². The molecule has 1 unspecified atom stereocenters. The summed E-state index contributed by atoms with van der Waals surface area (Å²) in [6.45, 7) is 13.7. The maximum Gasteiger partial charge on any atom is 0.0897 e. The van der Waals surface area contributed by atoms with Crippen molar-refractivity contribution < 1.29 is 14.6 Å². The Morgan fingerprint density at radius 3 is 2.63 bits per heavy atom. The molecule has 0 aromatic carbocycles. The first-order valence-corrected chi connectivity index (χ1v) is 7.21. The van der Waals surface area contributed by atoms with Gasteiger partial charge in [0.25, 0.3) is 0 Å². The summed E-state index contributed by atoms with van der Waals surface area (Å²) in [5, 5.41) is 12.8. The molecule has 0 aliphatic heterocycles. The zero-order valence-electron chi connectivity index (χ0n) is 12.8. The predicted octanol–water partition coefficient (Wildman–Crippen LogP) is 1.98. The van der Waals surface area contributed by atoms with Crippen molar-refractivity contribution in [3.63, 3.8) is 0 Å². The highest BCUT2D eigenvalue weighted by Gasteiger charge is 2.03. The molecule has 0 radical (unpaired) electrons. The molecule has 0 saturated carbocycles. The molecule has 0 rings (SSSR count). The van der Waals surface area contributed by atoms with Gasteiger partial charge < -0.3 is 19.9 Å². The topological polar surface area (TPSA) is 50.7 Å². The van der Waals surface area contributed by atoms with Gasteiger partial charge in [-0.15, -0.1) is 0 Å². The number of aliphatic hydroxyl groups excluding tert-OH is 1. The lowest BCUT2D eigenvalue weighted by molar-refractivity contribution is 0.0338. The molecular weight excluding hydrogens is 242 g/mol. The number of ether oxygens (including phenoxy) is 2. The summed E-state index contributed by atoms with van der Waals surface area (Å²) >= 11 is 0. The molecule has 0 bridgehead atoms. The van der Waals surface area contributed by atoms with Crippen molar-refractivity contribution in [1.82, 2.24) is 5.32 Å². The Morgan fingerprint density at radius 1 is 1.26 bits per heavy atom. The van der Waals surface area contributed by atoms with Crippen molar-refractivity contribution in [2.45, 2.75) is 39.7 Å². The van der Waals surface area contributed by atoms with Crippen LogP contribution in [0.1, 0.15) is 33.6 Å². The van der Waals surface area contributed by atoms with Crippen LogP contribution in [-0.4, -0.2) is 50.7 Å². The zero-order valence-corrected chi connectivity index (χ0v) is 12.8. The van der Waals surface area contributed by atoms with E-state index in [-0.39, 0.29) is 0 Å². The summed E-state index contributed by atoms with van der Waals surface area (Å²) in [4.78, 5) is 0. The molecular formula is C15H31NO3. The van der Waals surface area contributed by atoms with Crippen molar-refractivity contribution in [2.24, 2.45) is 5.92 Å². The lowest BCUT2D eigenvalue weighted by atomic mass is 10.1. The quantitative estimate of drug-likeness (QED) is 0.398. The first kappa shape index (κ1) is 18.6. The molecule has 0 aliphatic rings.